The first-order valence-corrected chi connectivity index (χ1v) is 10.7. The summed E-state index contributed by atoms with van der Waals surface area (Å²) < 4.78 is 33.8. The normalized spacial score (nSPS) is 16.8. The van der Waals surface area contributed by atoms with Crippen molar-refractivity contribution in [3.63, 3.8) is 0 Å². The minimum Gasteiger partial charge on any atom is -0.478 e. The molecule has 3 rings (SSSR count). The lowest BCUT2D eigenvalue weighted by Gasteiger charge is -2.16. The van der Waals surface area contributed by atoms with E-state index in [1.54, 1.807) is 0 Å². The van der Waals surface area contributed by atoms with E-state index in [4.69, 9.17) is 4.74 Å². The van der Waals surface area contributed by atoms with E-state index in [-0.39, 0.29) is 23.1 Å². The standard InChI is InChI=1S/C20H24N2O5S/c23-20(24)16-8-9-18(21-14-17-7-4-12-27-17)19(13-16)28(25,26)22-11-10-15-5-2-1-3-6-15/h1-3,5-6,8-9,13,17,21-22H,4,7,10-12,14H2,(H,23,24)/t17-/m1/s1. The number of benzene rings is 2. The van der Waals surface area contributed by atoms with Gasteiger partial charge in [-0.05, 0) is 43.0 Å². The Kier molecular flexibility index (Phi) is 6.66. The molecule has 1 aliphatic rings. The van der Waals surface area contributed by atoms with Gasteiger partial charge in [0, 0.05) is 19.7 Å². The average Bonchev–Trinajstić information content (AvgIpc) is 3.20. The number of carboxylic acids is 1. The Labute approximate surface area is 164 Å². The van der Waals surface area contributed by atoms with E-state index < -0.39 is 16.0 Å². The van der Waals surface area contributed by atoms with Crippen LogP contribution in [0.1, 0.15) is 28.8 Å². The van der Waals surface area contributed by atoms with Crippen LogP contribution in [-0.4, -0.2) is 45.3 Å². The number of hydrogen-bond donors (Lipinski definition) is 3. The number of hydrogen-bond acceptors (Lipinski definition) is 5. The van der Waals surface area contributed by atoms with E-state index in [1.807, 2.05) is 30.3 Å². The molecule has 1 atom stereocenters. The molecular formula is C20H24N2O5S. The van der Waals surface area contributed by atoms with Crippen molar-refractivity contribution in [3.05, 3.63) is 59.7 Å². The van der Waals surface area contributed by atoms with Gasteiger partial charge in [0.25, 0.3) is 0 Å². The van der Waals surface area contributed by atoms with Crippen LogP contribution in [0.25, 0.3) is 0 Å². The Morgan fingerprint density at radius 2 is 1.96 bits per heavy atom. The molecule has 2 aromatic carbocycles. The highest BCUT2D eigenvalue weighted by atomic mass is 32.2. The highest BCUT2D eigenvalue weighted by molar-refractivity contribution is 7.89. The quantitative estimate of drug-likeness (QED) is 0.593. The Bertz CT molecular complexity index is 909. The van der Waals surface area contributed by atoms with Crippen LogP contribution >= 0.6 is 0 Å². The second-order valence-electron chi connectivity index (χ2n) is 6.67. The second kappa shape index (κ2) is 9.18. The van der Waals surface area contributed by atoms with Gasteiger partial charge in [0.05, 0.1) is 17.4 Å². The molecule has 7 nitrogen and oxygen atoms in total. The fourth-order valence-corrected chi connectivity index (χ4v) is 4.34. The molecule has 0 aromatic heterocycles. The van der Waals surface area contributed by atoms with Crippen molar-refractivity contribution in [3.8, 4) is 0 Å². The van der Waals surface area contributed by atoms with E-state index in [1.165, 1.54) is 18.2 Å². The average molecular weight is 404 g/mol. The molecule has 0 amide bonds. The van der Waals surface area contributed by atoms with Crippen molar-refractivity contribution < 1.29 is 23.1 Å². The van der Waals surface area contributed by atoms with Gasteiger partial charge < -0.3 is 15.2 Å². The molecule has 0 unspecified atom stereocenters. The molecule has 0 spiro atoms. The number of anilines is 1. The lowest BCUT2D eigenvalue weighted by Crippen LogP contribution is -2.28. The molecule has 8 heteroatoms. The third-order valence-corrected chi connectivity index (χ3v) is 6.11. The van der Waals surface area contributed by atoms with Gasteiger partial charge in [-0.15, -0.1) is 0 Å². The molecule has 1 saturated heterocycles. The largest absolute Gasteiger partial charge is 0.478 e. The van der Waals surface area contributed by atoms with Crippen LogP contribution in [0, 0.1) is 0 Å². The van der Waals surface area contributed by atoms with Crippen molar-refractivity contribution in [1.82, 2.24) is 4.72 Å². The van der Waals surface area contributed by atoms with Gasteiger partial charge in [0.2, 0.25) is 10.0 Å². The zero-order valence-electron chi connectivity index (χ0n) is 15.4. The van der Waals surface area contributed by atoms with Crippen LogP contribution in [0.5, 0.6) is 0 Å². The van der Waals surface area contributed by atoms with Crippen molar-refractivity contribution in [1.29, 1.82) is 0 Å². The maximum Gasteiger partial charge on any atom is 0.335 e. The van der Waals surface area contributed by atoms with Crippen molar-refractivity contribution >= 4 is 21.7 Å². The van der Waals surface area contributed by atoms with Crippen LogP contribution in [0.2, 0.25) is 0 Å². The van der Waals surface area contributed by atoms with Crippen molar-refractivity contribution in [2.24, 2.45) is 0 Å². The second-order valence-corrected chi connectivity index (χ2v) is 8.40. The lowest BCUT2D eigenvalue weighted by molar-refractivity contribution is 0.0696. The molecule has 150 valence electrons. The Morgan fingerprint density at radius 3 is 2.64 bits per heavy atom. The summed E-state index contributed by atoms with van der Waals surface area (Å²) in [5, 5.41) is 12.3. The summed E-state index contributed by atoms with van der Waals surface area (Å²) in [5.41, 5.74) is 1.31. The number of carboxylic acid groups (broad SMARTS) is 1. The van der Waals surface area contributed by atoms with Crippen LogP contribution in [0.4, 0.5) is 5.69 Å². The molecule has 0 saturated carbocycles. The number of carbonyl (C=O) groups is 1. The molecule has 28 heavy (non-hydrogen) atoms. The fraction of sp³-hybridized carbons (Fsp3) is 0.350. The molecule has 2 aromatic rings. The first-order chi connectivity index (χ1) is 13.5. The van der Waals surface area contributed by atoms with E-state index in [9.17, 15) is 18.3 Å². The van der Waals surface area contributed by atoms with Gasteiger partial charge in [-0.2, -0.15) is 0 Å². The van der Waals surface area contributed by atoms with E-state index in [2.05, 4.69) is 10.0 Å². The zero-order valence-corrected chi connectivity index (χ0v) is 16.2. The third kappa shape index (κ3) is 5.31. The van der Waals surface area contributed by atoms with Gasteiger partial charge in [0.1, 0.15) is 4.90 Å². The summed E-state index contributed by atoms with van der Waals surface area (Å²) in [6.45, 7) is 1.39. The Hall–Kier alpha value is -2.42. The lowest BCUT2D eigenvalue weighted by atomic mass is 10.2. The topological polar surface area (TPSA) is 105 Å². The first-order valence-electron chi connectivity index (χ1n) is 9.22. The summed E-state index contributed by atoms with van der Waals surface area (Å²) in [4.78, 5) is 11.2. The summed E-state index contributed by atoms with van der Waals surface area (Å²) >= 11 is 0. The third-order valence-electron chi connectivity index (χ3n) is 4.61. The van der Waals surface area contributed by atoms with Crippen LogP contribution in [-0.2, 0) is 21.2 Å². The van der Waals surface area contributed by atoms with Crippen LogP contribution < -0.4 is 10.0 Å². The number of nitrogens with one attached hydrogen (secondary N) is 2. The zero-order chi connectivity index (χ0) is 20.0. The number of rotatable bonds is 9. The van der Waals surface area contributed by atoms with Gasteiger partial charge >= 0.3 is 5.97 Å². The smallest absolute Gasteiger partial charge is 0.335 e. The molecule has 0 aliphatic carbocycles. The minimum atomic E-state index is -3.88. The van der Waals surface area contributed by atoms with E-state index in [0.717, 1.165) is 18.4 Å². The van der Waals surface area contributed by atoms with Gasteiger partial charge in [-0.25, -0.2) is 17.9 Å². The Balaban J connectivity index is 1.75. The summed E-state index contributed by atoms with van der Waals surface area (Å²) in [6.07, 6.45) is 2.46. The van der Waals surface area contributed by atoms with Crippen molar-refractivity contribution in [2.45, 2.75) is 30.3 Å². The monoisotopic (exact) mass is 404 g/mol. The van der Waals surface area contributed by atoms with Gasteiger partial charge in [-0.3, -0.25) is 0 Å². The summed E-state index contributed by atoms with van der Waals surface area (Å²) in [7, 11) is -3.88. The maximum absolute atomic E-state index is 12.8. The van der Waals surface area contributed by atoms with Crippen LogP contribution in [0.15, 0.2) is 53.4 Å². The number of ether oxygens (including phenoxy) is 1. The summed E-state index contributed by atoms with van der Waals surface area (Å²) in [5.74, 6) is -1.17. The fourth-order valence-electron chi connectivity index (χ4n) is 3.11. The molecule has 0 radical (unpaired) electrons. The molecule has 1 heterocycles. The molecule has 3 N–H and O–H groups in total. The predicted molar refractivity (Wildman–Crippen MR) is 106 cm³/mol. The molecular weight excluding hydrogens is 380 g/mol. The van der Waals surface area contributed by atoms with Crippen LogP contribution in [0.3, 0.4) is 0 Å². The number of sulfonamides is 1. The SMILES string of the molecule is O=C(O)c1ccc(NC[C@H]2CCCO2)c(S(=O)(=O)NCCc2ccccc2)c1. The van der Waals surface area contributed by atoms with Gasteiger partial charge in [0.15, 0.2) is 0 Å². The van der Waals surface area contributed by atoms with E-state index in [0.29, 0.717) is 25.3 Å². The van der Waals surface area contributed by atoms with Gasteiger partial charge in [-0.1, -0.05) is 30.3 Å². The molecule has 1 aliphatic heterocycles. The first kappa shape index (κ1) is 20.3. The summed E-state index contributed by atoms with van der Waals surface area (Å²) in [6, 6.07) is 13.6. The number of aromatic carboxylic acids is 1. The highest BCUT2D eigenvalue weighted by Crippen LogP contribution is 2.24. The maximum atomic E-state index is 12.8. The Morgan fingerprint density at radius 1 is 1.18 bits per heavy atom. The van der Waals surface area contributed by atoms with Crippen molar-refractivity contribution in [2.75, 3.05) is 25.0 Å². The molecule has 1 fully saturated rings. The molecule has 0 bridgehead atoms. The predicted octanol–water partition coefficient (Wildman–Crippen LogP) is 2.50. The minimum absolute atomic E-state index is 0.0285. The van der Waals surface area contributed by atoms with E-state index >= 15 is 0 Å². The highest BCUT2D eigenvalue weighted by Gasteiger charge is 2.22.